The first kappa shape index (κ1) is 18.1. The first-order chi connectivity index (χ1) is 7.54. The summed E-state index contributed by atoms with van der Waals surface area (Å²) in [7, 11) is 0. The minimum atomic E-state index is -4.24. The zero-order valence-corrected chi connectivity index (χ0v) is 9.64. The third kappa shape index (κ3) is 6.82. The molecule has 0 aliphatic heterocycles. The van der Waals surface area contributed by atoms with Gasteiger partial charge < -0.3 is 0 Å². The standard InChI is InChI=1S/C11H11F3.C2H6.CH4/c1-2-3-4-9-5-7-10(8-6-9)11(12,13)14;1-2;/h2,5-8H,1,3-4H2;1-2H3;1H4. The second kappa shape index (κ2) is 8.85. The first-order valence-corrected chi connectivity index (χ1v) is 5.31. The van der Waals surface area contributed by atoms with Crippen LogP contribution in [0.5, 0.6) is 0 Å². The fraction of sp³-hybridized carbons (Fsp3) is 0.429. The minimum absolute atomic E-state index is 0. The summed E-state index contributed by atoms with van der Waals surface area (Å²) in [5.74, 6) is 0. The first-order valence-electron chi connectivity index (χ1n) is 5.31. The number of hydrogen-bond donors (Lipinski definition) is 0. The predicted molar refractivity (Wildman–Crippen MR) is 68.0 cm³/mol. The van der Waals surface area contributed by atoms with Gasteiger partial charge in [-0.05, 0) is 30.5 Å². The molecule has 0 aliphatic carbocycles. The zero-order chi connectivity index (χ0) is 12.6. The van der Waals surface area contributed by atoms with Gasteiger partial charge in [0.05, 0.1) is 5.56 Å². The fourth-order valence-electron chi connectivity index (χ4n) is 1.13. The summed E-state index contributed by atoms with van der Waals surface area (Å²) < 4.78 is 36.5. The maximum absolute atomic E-state index is 12.2. The molecule has 0 radical (unpaired) electrons. The van der Waals surface area contributed by atoms with Crippen LogP contribution < -0.4 is 0 Å². The minimum Gasteiger partial charge on any atom is -0.166 e. The van der Waals surface area contributed by atoms with Gasteiger partial charge in [0.25, 0.3) is 0 Å². The summed E-state index contributed by atoms with van der Waals surface area (Å²) in [5.41, 5.74) is 0.303. The molecule has 0 amide bonds. The Morgan fingerprint density at radius 3 is 1.94 bits per heavy atom. The van der Waals surface area contributed by atoms with Crippen molar-refractivity contribution < 1.29 is 13.2 Å². The Bertz CT molecular complexity index is 296. The number of halogens is 3. The molecule has 0 bridgehead atoms. The monoisotopic (exact) mass is 246 g/mol. The normalized spacial score (nSPS) is 9.71. The molecule has 98 valence electrons. The Morgan fingerprint density at radius 2 is 1.59 bits per heavy atom. The summed E-state index contributed by atoms with van der Waals surface area (Å²) in [5, 5.41) is 0. The molecular weight excluding hydrogens is 225 g/mol. The van der Waals surface area contributed by atoms with E-state index in [4.69, 9.17) is 0 Å². The SMILES string of the molecule is C.C=CCCc1ccc(C(F)(F)F)cc1.CC. The Balaban J connectivity index is 0. The molecule has 0 nitrogen and oxygen atoms in total. The van der Waals surface area contributed by atoms with Gasteiger partial charge in [-0.1, -0.05) is 39.5 Å². The Kier molecular flexibility index (Phi) is 9.44. The van der Waals surface area contributed by atoms with Crippen LogP contribution in [0.15, 0.2) is 36.9 Å². The van der Waals surface area contributed by atoms with Crippen molar-refractivity contribution in [3.63, 3.8) is 0 Å². The van der Waals surface area contributed by atoms with Crippen molar-refractivity contribution in [1.29, 1.82) is 0 Å². The second-order valence-electron chi connectivity index (χ2n) is 3.02. The van der Waals surface area contributed by atoms with E-state index in [1.165, 1.54) is 12.1 Å². The van der Waals surface area contributed by atoms with Gasteiger partial charge in [0.2, 0.25) is 0 Å². The van der Waals surface area contributed by atoms with Crippen LogP contribution in [0, 0.1) is 0 Å². The van der Waals surface area contributed by atoms with E-state index in [-0.39, 0.29) is 7.43 Å². The molecule has 0 heterocycles. The molecule has 0 N–H and O–H groups in total. The van der Waals surface area contributed by atoms with Crippen molar-refractivity contribution in [2.45, 2.75) is 40.3 Å². The van der Waals surface area contributed by atoms with Crippen LogP contribution >= 0.6 is 0 Å². The van der Waals surface area contributed by atoms with Crippen molar-refractivity contribution in [3.05, 3.63) is 48.0 Å². The van der Waals surface area contributed by atoms with E-state index < -0.39 is 11.7 Å². The van der Waals surface area contributed by atoms with E-state index in [1.807, 2.05) is 13.8 Å². The highest BCUT2D eigenvalue weighted by atomic mass is 19.4. The number of alkyl halides is 3. The van der Waals surface area contributed by atoms with Gasteiger partial charge in [-0.15, -0.1) is 6.58 Å². The van der Waals surface area contributed by atoms with Crippen molar-refractivity contribution >= 4 is 0 Å². The van der Waals surface area contributed by atoms with Gasteiger partial charge in [0.15, 0.2) is 0 Å². The topological polar surface area (TPSA) is 0 Å². The van der Waals surface area contributed by atoms with Crippen LogP contribution in [-0.2, 0) is 12.6 Å². The fourth-order valence-corrected chi connectivity index (χ4v) is 1.13. The summed E-state index contributed by atoms with van der Waals surface area (Å²) >= 11 is 0. The zero-order valence-electron chi connectivity index (χ0n) is 9.64. The lowest BCUT2D eigenvalue weighted by Gasteiger charge is -2.06. The molecule has 0 saturated carbocycles. The maximum atomic E-state index is 12.2. The second-order valence-corrected chi connectivity index (χ2v) is 3.02. The van der Waals surface area contributed by atoms with Gasteiger partial charge in [-0.25, -0.2) is 0 Å². The average Bonchev–Trinajstić information content (AvgIpc) is 2.28. The molecule has 1 aromatic rings. The van der Waals surface area contributed by atoms with Crippen LogP contribution in [0.4, 0.5) is 13.2 Å². The lowest BCUT2D eigenvalue weighted by molar-refractivity contribution is -0.137. The molecular formula is C14H21F3. The Hall–Kier alpha value is -1.25. The van der Waals surface area contributed by atoms with Gasteiger partial charge in [0, 0.05) is 0 Å². The van der Waals surface area contributed by atoms with Crippen molar-refractivity contribution in [2.75, 3.05) is 0 Å². The van der Waals surface area contributed by atoms with E-state index in [0.717, 1.165) is 30.5 Å². The highest BCUT2D eigenvalue weighted by molar-refractivity contribution is 5.24. The third-order valence-electron chi connectivity index (χ3n) is 1.92. The van der Waals surface area contributed by atoms with E-state index in [0.29, 0.717) is 0 Å². The predicted octanol–water partition coefficient (Wildman–Crippen LogP) is 5.49. The van der Waals surface area contributed by atoms with Crippen LogP contribution in [0.1, 0.15) is 38.8 Å². The molecule has 0 saturated heterocycles. The highest BCUT2D eigenvalue weighted by Gasteiger charge is 2.29. The molecule has 0 aromatic heterocycles. The average molecular weight is 246 g/mol. The molecule has 0 fully saturated rings. The van der Waals surface area contributed by atoms with Crippen LogP contribution in [0.3, 0.4) is 0 Å². The molecule has 1 aromatic carbocycles. The number of benzene rings is 1. The number of hydrogen-bond acceptors (Lipinski definition) is 0. The van der Waals surface area contributed by atoms with Gasteiger partial charge in [-0.3, -0.25) is 0 Å². The summed E-state index contributed by atoms with van der Waals surface area (Å²) in [6, 6.07) is 5.23. The molecule has 3 heteroatoms. The van der Waals surface area contributed by atoms with E-state index in [2.05, 4.69) is 6.58 Å². The van der Waals surface area contributed by atoms with Crippen molar-refractivity contribution in [1.82, 2.24) is 0 Å². The van der Waals surface area contributed by atoms with Crippen LogP contribution in [0.2, 0.25) is 0 Å². The maximum Gasteiger partial charge on any atom is 0.416 e. The van der Waals surface area contributed by atoms with Crippen molar-refractivity contribution in [2.24, 2.45) is 0 Å². The lowest BCUT2D eigenvalue weighted by atomic mass is 10.1. The van der Waals surface area contributed by atoms with E-state index >= 15 is 0 Å². The summed E-state index contributed by atoms with van der Waals surface area (Å²) in [6.45, 7) is 7.55. The third-order valence-corrected chi connectivity index (χ3v) is 1.92. The van der Waals surface area contributed by atoms with E-state index in [9.17, 15) is 13.2 Å². The summed E-state index contributed by atoms with van der Waals surface area (Å²) in [6.07, 6.45) is -0.971. The molecule has 0 atom stereocenters. The largest absolute Gasteiger partial charge is 0.416 e. The number of allylic oxidation sites excluding steroid dienone is 1. The van der Waals surface area contributed by atoms with E-state index in [1.54, 1.807) is 6.08 Å². The van der Waals surface area contributed by atoms with Gasteiger partial charge in [0.1, 0.15) is 0 Å². The molecule has 17 heavy (non-hydrogen) atoms. The molecule has 1 rings (SSSR count). The molecule has 0 spiro atoms. The van der Waals surface area contributed by atoms with Gasteiger partial charge >= 0.3 is 6.18 Å². The van der Waals surface area contributed by atoms with Gasteiger partial charge in [-0.2, -0.15) is 13.2 Å². The number of aryl methyl sites for hydroxylation is 1. The Labute approximate surface area is 102 Å². The highest BCUT2D eigenvalue weighted by Crippen LogP contribution is 2.29. The quantitative estimate of drug-likeness (QED) is 0.619. The lowest BCUT2D eigenvalue weighted by Crippen LogP contribution is -2.04. The molecule has 0 unspecified atom stereocenters. The van der Waals surface area contributed by atoms with Crippen LogP contribution in [-0.4, -0.2) is 0 Å². The summed E-state index contributed by atoms with van der Waals surface area (Å²) in [4.78, 5) is 0. The number of rotatable bonds is 3. The Morgan fingerprint density at radius 1 is 1.12 bits per heavy atom. The van der Waals surface area contributed by atoms with Crippen molar-refractivity contribution in [3.8, 4) is 0 Å². The van der Waals surface area contributed by atoms with Crippen LogP contribution in [0.25, 0.3) is 0 Å². The molecule has 0 aliphatic rings. The smallest absolute Gasteiger partial charge is 0.166 e.